The minimum Gasteiger partial charge on any atom is -0.355 e. The van der Waals surface area contributed by atoms with Crippen LogP contribution in [0.2, 0.25) is 0 Å². The molecule has 0 bridgehead atoms. The number of nitro benzene ring substituents is 1. The van der Waals surface area contributed by atoms with Crippen molar-refractivity contribution in [1.82, 2.24) is 0 Å². The number of anilines is 2. The van der Waals surface area contributed by atoms with Gasteiger partial charge in [0.1, 0.15) is 11.6 Å². The highest BCUT2D eigenvalue weighted by Gasteiger charge is 2.13. The average molecular weight is 253 g/mol. The van der Waals surface area contributed by atoms with E-state index in [4.69, 9.17) is 5.26 Å². The second-order valence-electron chi connectivity index (χ2n) is 4.10. The van der Waals surface area contributed by atoms with E-state index in [0.717, 1.165) is 11.3 Å². The summed E-state index contributed by atoms with van der Waals surface area (Å²) in [5.41, 5.74) is 2.48. The molecule has 2 aromatic carbocycles. The molecule has 1 N–H and O–H groups in total. The molecule has 0 aromatic heterocycles. The number of nitrogens with one attached hydrogen (secondary N) is 1. The van der Waals surface area contributed by atoms with Crippen molar-refractivity contribution in [2.45, 2.75) is 6.92 Å². The van der Waals surface area contributed by atoms with Gasteiger partial charge in [-0.3, -0.25) is 10.1 Å². The van der Waals surface area contributed by atoms with Crippen LogP contribution >= 0.6 is 0 Å². The molecule has 0 atom stereocenters. The van der Waals surface area contributed by atoms with Crippen molar-refractivity contribution in [2.24, 2.45) is 0 Å². The SMILES string of the molecule is Cc1cccc(Nc2ccc([N+](=O)[O-])c(C#N)c2)c1. The largest absolute Gasteiger partial charge is 0.355 e. The number of nitrogens with zero attached hydrogens (tertiary/aromatic N) is 2. The van der Waals surface area contributed by atoms with Gasteiger partial charge < -0.3 is 5.32 Å². The molecule has 2 rings (SSSR count). The van der Waals surface area contributed by atoms with Crippen molar-refractivity contribution < 1.29 is 4.92 Å². The maximum absolute atomic E-state index is 10.7. The van der Waals surface area contributed by atoms with Crippen molar-refractivity contribution in [3.8, 4) is 6.07 Å². The number of benzene rings is 2. The zero-order valence-corrected chi connectivity index (χ0v) is 10.3. The lowest BCUT2D eigenvalue weighted by molar-refractivity contribution is -0.385. The highest BCUT2D eigenvalue weighted by atomic mass is 16.6. The van der Waals surface area contributed by atoms with E-state index in [1.807, 2.05) is 37.3 Å². The summed E-state index contributed by atoms with van der Waals surface area (Å²) in [6.07, 6.45) is 0. The molecule has 0 aliphatic rings. The minimum absolute atomic E-state index is 0.0441. The van der Waals surface area contributed by atoms with Gasteiger partial charge in [0.15, 0.2) is 0 Å². The van der Waals surface area contributed by atoms with Gasteiger partial charge in [-0.2, -0.15) is 5.26 Å². The summed E-state index contributed by atoms with van der Waals surface area (Å²) >= 11 is 0. The third-order valence-corrected chi connectivity index (χ3v) is 2.62. The molecular weight excluding hydrogens is 242 g/mol. The van der Waals surface area contributed by atoms with E-state index in [2.05, 4.69) is 5.32 Å². The summed E-state index contributed by atoms with van der Waals surface area (Å²) in [7, 11) is 0. The molecular formula is C14H11N3O2. The number of hydrogen-bond acceptors (Lipinski definition) is 4. The Hall–Kier alpha value is -2.87. The molecule has 2 aromatic rings. The fraction of sp³-hybridized carbons (Fsp3) is 0.0714. The van der Waals surface area contributed by atoms with E-state index < -0.39 is 4.92 Å². The molecule has 0 fully saturated rings. The molecule has 0 radical (unpaired) electrons. The summed E-state index contributed by atoms with van der Waals surface area (Å²) in [4.78, 5) is 10.2. The molecule has 0 amide bonds. The summed E-state index contributed by atoms with van der Waals surface area (Å²) in [5, 5.41) is 22.8. The van der Waals surface area contributed by atoms with Gasteiger partial charge in [0.2, 0.25) is 0 Å². The van der Waals surface area contributed by atoms with Crippen LogP contribution in [0.15, 0.2) is 42.5 Å². The fourth-order valence-corrected chi connectivity index (χ4v) is 1.75. The lowest BCUT2D eigenvalue weighted by Crippen LogP contribution is -1.95. The first-order valence-electron chi connectivity index (χ1n) is 5.62. The van der Waals surface area contributed by atoms with Crippen LogP contribution < -0.4 is 5.32 Å². The lowest BCUT2D eigenvalue weighted by Gasteiger charge is -2.07. The maximum Gasteiger partial charge on any atom is 0.287 e. The molecule has 0 aliphatic carbocycles. The summed E-state index contributed by atoms with van der Waals surface area (Å²) < 4.78 is 0. The van der Waals surface area contributed by atoms with Crippen LogP contribution in [-0.2, 0) is 0 Å². The van der Waals surface area contributed by atoms with Gasteiger partial charge in [-0.25, -0.2) is 0 Å². The van der Waals surface area contributed by atoms with Gasteiger partial charge in [-0.1, -0.05) is 12.1 Å². The van der Waals surface area contributed by atoms with Crippen LogP contribution in [0.3, 0.4) is 0 Å². The highest BCUT2D eigenvalue weighted by Crippen LogP contribution is 2.24. The fourth-order valence-electron chi connectivity index (χ4n) is 1.75. The van der Waals surface area contributed by atoms with Crippen LogP contribution in [-0.4, -0.2) is 4.92 Å². The molecule has 0 heterocycles. The van der Waals surface area contributed by atoms with Crippen LogP contribution in [0, 0.1) is 28.4 Å². The predicted octanol–water partition coefficient (Wildman–Crippen LogP) is 3.52. The smallest absolute Gasteiger partial charge is 0.287 e. The monoisotopic (exact) mass is 253 g/mol. The van der Waals surface area contributed by atoms with E-state index in [9.17, 15) is 10.1 Å². The second-order valence-corrected chi connectivity index (χ2v) is 4.10. The number of rotatable bonds is 3. The van der Waals surface area contributed by atoms with Crippen LogP contribution in [0.5, 0.6) is 0 Å². The van der Waals surface area contributed by atoms with E-state index in [1.165, 1.54) is 12.1 Å². The Labute approximate surface area is 110 Å². The quantitative estimate of drug-likeness (QED) is 0.670. The third-order valence-electron chi connectivity index (χ3n) is 2.62. The Bertz CT molecular complexity index is 675. The topological polar surface area (TPSA) is 79.0 Å². The van der Waals surface area contributed by atoms with E-state index in [0.29, 0.717) is 5.69 Å². The molecule has 5 heteroatoms. The second kappa shape index (κ2) is 5.19. The number of aryl methyl sites for hydroxylation is 1. The minimum atomic E-state index is -0.561. The van der Waals surface area contributed by atoms with Gasteiger partial charge in [0, 0.05) is 17.4 Å². The first kappa shape index (κ1) is 12.6. The van der Waals surface area contributed by atoms with Crippen LogP contribution in [0.4, 0.5) is 17.1 Å². The van der Waals surface area contributed by atoms with Crippen molar-refractivity contribution in [3.63, 3.8) is 0 Å². The first-order valence-corrected chi connectivity index (χ1v) is 5.62. The Morgan fingerprint density at radius 2 is 1.95 bits per heavy atom. The molecule has 0 saturated heterocycles. The summed E-state index contributed by atoms with van der Waals surface area (Å²) in [5.74, 6) is 0. The summed E-state index contributed by atoms with van der Waals surface area (Å²) in [6, 6.07) is 13.9. The van der Waals surface area contributed by atoms with Gasteiger partial charge in [-0.05, 0) is 36.8 Å². The number of hydrogen-bond donors (Lipinski definition) is 1. The lowest BCUT2D eigenvalue weighted by atomic mass is 10.1. The van der Waals surface area contributed by atoms with E-state index in [-0.39, 0.29) is 11.3 Å². The molecule has 5 nitrogen and oxygen atoms in total. The molecule has 0 aliphatic heterocycles. The van der Waals surface area contributed by atoms with Crippen molar-refractivity contribution in [3.05, 3.63) is 63.7 Å². The molecule has 94 valence electrons. The number of nitriles is 1. The Kier molecular flexibility index (Phi) is 3.44. The first-order chi connectivity index (χ1) is 9.10. The van der Waals surface area contributed by atoms with Gasteiger partial charge >= 0.3 is 0 Å². The molecule has 0 unspecified atom stereocenters. The van der Waals surface area contributed by atoms with Crippen molar-refractivity contribution in [1.29, 1.82) is 5.26 Å². The maximum atomic E-state index is 10.7. The molecule has 0 saturated carbocycles. The van der Waals surface area contributed by atoms with Crippen LogP contribution in [0.1, 0.15) is 11.1 Å². The molecule has 0 spiro atoms. The normalized spacial score (nSPS) is 9.68. The van der Waals surface area contributed by atoms with Crippen molar-refractivity contribution in [2.75, 3.05) is 5.32 Å². The van der Waals surface area contributed by atoms with Gasteiger partial charge in [0.25, 0.3) is 5.69 Å². The summed E-state index contributed by atoms with van der Waals surface area (Å²) in [6.45, 7) is 1.97. The van der Waals surface area contributed by atoms with E-state index >= 15 is 0 Å². The predicted molar refractivity (Wildman–Crippen MR) is 72.3 cm³/mol. The zero-order chi connectivity index (χ0) is 13.8. The Morgan fingerprint density at radius 1 is 1.21 bits per heavy atom. The standard InChI is InChI=1S/C14H11N3O2/c1-10-3-2-4-12(7-10)16-13-5-6-14(17(18)19)11(8-13)9-15/h2-8,16H,1H3. The van der Waals surface area contributed by atoms with Gasteiger partial charge in [0.05, 0.1) is 4.92 Å². The molecule has 19 heavy (non-hydrogen) atoms. The Balaban J connectivity index is 2.32. The average Bonchev–Trinajstić information content (AvgIpc) is 2.38. The third kappa shape index (κ3) is 2.87. The van der Waals surface area contributed by atoms with Gasteiger partial charge in [-0.15, -0.1) is 0 Å². The van der Waals surface area contributed by atoms with E-state index in [1.54, 1.807) is 6.07 Å². The number of nitro groups is 1. The van der Waals surface area contributed by atoms with Crippen LogP contribution in [0.25, 0.3) is 0 Å². The highest BCUT2D eigenvalue weighted by molar-refractivity contribution is 5.65. The van der Waals surface area contributed by atoms with Crippen molar-refractivity contribution >= 4 is 17.1 Å². The zero-order valence-electron chi connectivity index (χ0n) is 10.3. The Morgan fingerprint density at radius 3 is 2.58 bits per heavy atom.